The van der Waals surface area contributed by atoms with Gasteiger partial charge >= 0.3 is 12.1 Å². The molecule has 1 saturated heterocycles. The second-order valence-corrected chi connectivity index (χ2v) is 5.76. The molecule has 1 unspecified atom stereocenters. The Morgan fingerprint density at radius 3 is 2.48 bits per heavy atom. The van der Waals surface area contributed by atoms with Crippen molar-refractivity contribution in [3.8, 4) is 0 Å². The Morgan fingerprint density at radius 1 is 1.38 bits per heavy atom. The van der Waals surface area contributed by atoms with E-state index in [0.29, 0.717) is 19.4 Å². The number of carboxylic acids is 1. The van der Waals surface area contributed by atoms with Crippen molar-refractivity contribution in [2.75, 3.05) is 19.6 Å². The number of halogens is 3. The monoisotopic (exact) mass is 310 g/mol. The predicted molar refractivity (Wildman–Crippen MR) is 69.6 cm³/mol. The fourth-order valence-electron chi connectivity index (χ4n) is 2.45. The molecular formula is C13H21F3N2O3. The highest BCUT2D eigenvalue weighted by molar-refractivity contribution is 5.85. The molecule has 0 aromatic carbocycles. The lowest BCUT2D eigenvalue weighted by Gasteiger charge is -2.33. The van der Waals surface area contributed by atoms with Crippen molar-refractivity contribution in [1.29, 1.82) is 0 Å². The van der Waals surface area contributed by atoms with Crippen LogP contribution in [0.25, 0.3) is 0 Å². The number of likely N-dealkylation sites (tertiary alicyclic amines) is 1. The lowest BCUT2D eigenvalue weighted by Crippen LogP contribution is -2.51. The van der Waals surface area contributed by atoms with Crippen LogP contribution in [0.3, 0.4) is 0 Å². The largest absolute Gasteiger partial charge is 0.480 e. The molecule has 2 atom stereocenters. The first-order valence-electron chi connectivity index (χ1n) is 6.92. The molecule has 122 valence electrons. The zero-order valence-corrected chi connectivity index (χ0v) is 12.1. The van der Waals surface area contributed by atoms with Crippen molar-refractivity contribution >= 4 is 11.9 Å². The number of carbonyl (C=O) groups is 2. The average Bonchev–Trinajstić information content (AvgIpc) is 2.33. The molecule has 2 N–H and O–H groups in total. The number of hydrogen-bond acceptors (Lipinski definition) is 3. The van der Waals surface area contributed by atoms with Gasteiger partial charge < -0.3 is 10.4 Å². The topological polar surface area (TPSA) is 69.6 Å². The summed E-state index contributed by atoms with van der Waals surface area (Å²) in [6, 6.07) is -1.02. The molecule has 1 amide bonds. The van der Waals surface area contributed by atoms with Crippen LogP contribution in [0.5, 0.6) is 0 Å². The van der Waals surface area contributed by atoms with Crippen molar-refractivity contribution < 1.29 is 27.9 Å². The molecule has 1 aliphatic heterocycles. The summed E-state index contributed by atoms with van der Waals surface area (Å²) in [6.07, 6.45) is -3.32. The molecule has 0 spiro atoms. The Morgan fingerprint density at radius 2 is 2.00 bits per heavy atom. The van der Waals surface area contributed by atoms with Gasteiger partial charge in [-0.2, -0.15) is 13.2 Å². The van der Waals surface area contributed by atoms with Gasteiger partial charge in [-0.05, 0) is 25.3 Å². The van der Waals surface area contributed by atoms with Crippen molar-refractivity contribution in [2.24, 2.45) is 11.8 Å². The Labute approximate surface area is 121 Å². The van der Waals surface area contributed by atoms with E-state index >= 15 is 0 Å². The summed E-state index contributed by atoms with van der Waals surface area (Å²) in [4.78, 5) is 24.3. The summed E-state index contributed by atoms with van der Waals surface area (Å²) >= 11 is 0. The summed E-state index contributed by atoms with van der Waals surface area (Å²) in [5.74, 6) is -2.51. The van der Waals surface area contributed by atoms with Crippen LogP contribution < -0.4 is 5.32 Å². The first-order valence-corrected chi connectivity index (χ1v) is 6.92. The Kier molecular flexibility index (Phi) is 6.00. The second-order valence-electron chi connectivity index (χ2n) is 5.76. The van der Waals surface area contributed by atoms with Gasteiger partial charge in [-0.1, -0.05) is 13.8 Å². The summed E-state index contributed by atoms with van der Waals surface area (Å²) < 4.78 is 37.1. The Balaban J connectivity index is 2.59. The third-order valence-corrected chi connectivity index (χ3v) is 3.51. The Bertz CT molecular complexity index is 385. The number of rotatable bonds is 5. The van der Waals surface area contributed by atoms with Gasteiger partial charge in [-0.15, -0.1) is 0 Å². The molecule has 0 aliphatic carbocycles. The lowest BCUT2D eigenvalue weighted by molar-refractivity contribution is -0.152. The predicted octanol–water partition coefficient (Wildman–Crippen LogP) is 1.49. The van der Waals surface area contributed by atoms with E-state index in [1.807, 2.05) is 0 Å². The standard InChI is InChI=1S/C13H21F3N2O3/c1-8(2)10(12(20)21)17-11(19)9-4-3-5-18(6-9)7-13(14,15)16/h8-10H,3-7H2,1-2H3,(H,17,19)(H,20,21)/t9?,10-/m0/s1. The number of carbonyl (C=O) groups excluding carboxylic acids is 1. The highest BCUT2D eigenvalue weighted by atomic mass is 19.4. The maximum absolute atomic E-state index is 12.4. The number of nitrogens with one attached hydrogen (secondary N) is 1. The van der Waals surface area contributed by atoms with Gasteiger partial charge in [-0.25, -0.2) is 4.79 Å². The Hall–Kier alpha value is -1.31. The van der Waals surface area contributed by atoms with Crippen LogP contribution in [-0.2, 0) is 9.59 Å². The number of carboxylic acid groups (broad SMARTS) is 1. The summed E-state index contributed by atoms with van der Waals surface area (Å²) in [5.41, 5.74) is 0. The van der Waals surface area contributed by atoms with Crippen LogP contribution in [-0.4, -0.2) is 53.7 Å². The molecular weight excluding hydrogens is 289 g/mol. The normalized spacial score (nSPS) is 22.1. The molecule has 0 saturated carbocycles. The average molecular weight is 310 g/mol. The zero-order valence-electron chi connectivity index (χ0n) is 12.1. The van der Waals surface area contributed by atoms with Crippen LogP contribution in [0.2, 0.25) is 0 Å². The van der Waals surface area contributed by atoms with E-state index in [9.17, 15) is 22.8 Å². The maximum Gasteiger partial charge on any atom is 0.401 e. The fraction of sp³-hybridized carbons (Fsp3) is 0.846. The molecule has 1 fully saturated rings. The van der Waals surface area contributed by atoms with Gasteiger partial charge in [0.15, 0.2) is 0 Å². The molecule has 8 heteroatoms. The fourth-order valence-corrected chi connectivity index (χ4v) is 2.45. The zero-order chi connectivity index (χ0) is 16.2. The van der Waals surface area contributed by atoms with Crippen molar-refractivity contribution in [3.63, 3.8) is 0 Å². The van der Waals surface area contributed by atoms with E-state index in [1.54, 1.807) is 13.8 Å². The second kappa shape index (κ2) is 7.11. The van der Waals surface area contributed by atoms with Crippen LogP contribution in [0, 0.1) is 11.8 Å². The molecule has 1 aliphatic rings. The molecule has 0 bridgehead atoms. The molecule has 0 aromatic heterocycles. The highest BCUT2D eigenvalue weighted by Crippen LogP contribution is 2.22. The van der Waals surface area contributed by atoms with Crippen molar-refractivity contribution in [2.45, 2.75) is 38.9 Å². The molecule has 0 radical (unpaired) electrons. The van der Waals surface area contributed by atoms with Gasteiger partial charge in [0.25, 0.3) is 0 Å². The molecule has 21 heavy (non-hydrogen) atoms. The molecule has 1 heterocycles. The minimum absolute atomic E-state index is 0.00970. The lowest BCUT2D eigenvalue weighted by atomic mass is 9.95. The van der Waals surface area contributed by atoms with Gasteiger partial charge in [0, 0.05) is 6.54 Å². The SMILES string of the molecule is CC(C)[C@H](NC(=O)C1CCCN(CC(F)(F)F)C1)C(=O)O. The van der Waals surface area contributed by atoms with Crippen LogP contribution in [0.4, 0.5) is 13.2 Å². The van der Waals surface area contributed by atoms with Gasteiger partial charge in [0.1, 0.15) is 6.04 Å². The summed E-state index contributed by atoms with van der Waals surface area (Å²) in [7, 11) is 0. The van der Waals surface area contributed by atoms with E-state index < -0.39 is 36.6 Å². The molecule has 1 rings (SSSR count). The quantitative estimate of drug-likeness (QED) is 0.807. The maximum atomic E-state index is 12.4. The third-order valence-electron chi connectivity index (χ3n) is 3.51. The van der Waals surface area contributed by atoms with Gasteiger partial charge in [-0.3, -0.25) is 9.69 Å². The summed E-state index contributed by atoms with van der Waals surface area (Å²) in [6.45, 7) is 2.60. The minimum atomic E-state index is -4.29. The number of amides is 1. The van der Waals surface area contributed by atoms with E-state index in [1.165, 1.54) is 4.90 Å². The molecule has 0 aromatic rings. The van der Waals surface area contributed by atoms with E-state index in [-0.39, 0.29) is 12.5 Å². The van der Waals surface area contributed by atoms with Crippen molar-refractivity contribution in [1.82, 2.24) is 10.2 Å². The first-order chi connectivity index (χ1) is 9.60. The van der Waals surface area contributed by atoms with Crippen LogP contribution >= 0.6 is 0 Å². The van der Waals surface area contributed by atoms with E-state index in [2.05, 4.69) is 5.32 Å². The smallest absolute Gasteiger partial charge is 0.401 e. The number of aliphatic carboxylic acids is 1. The molecule has 5 nitrogen and oxygen atoms in total. The number of hydrogen-bond donors (Lipinski definition) is 2. The highest BCUT2D eigenvalue weighted by Gasteiger charge is 2.35. The van der Waals surface area contributed by atoms with E-state index in [0.717, 1.165) is 0 Å². The van der Waals surface area contributed by atoms with Crippen LogP contribution in [0.15, 0.2) is 0 Å². The van der Waals surface area contributed by atoms with Gasteiger partial charge in [0.05, 0.1) is 12.5 Å². The third kappa shape index (κ3) is 5.91. The first kappa shape index (κ1) is 17.7. The van der Waals surface area contributed by atoms with Gasteiger partial charge in [0.2, 0.25) is 5.91 Å². The number of nitrogens with zero attached hydrogens (tertiary/aromatic N) is 1. The van der Waals surface area contributed by atoms with Crippen LogP contribution in [0.1, 0.15) is 26.7 Å². The van der Waals surface area contributed by atoms with E-state index in [4.69, 9.17) is 5.11 Å². The minimum Gasteiger partial charge on any atom is -0.480 e. The number of piperidine rings is 1. The van der Waals surface area contributed by atoms with Crippen molar-refractivity contribution in [3.05, 3.63) is 0 Å². The summed E-state index contributed by atoms with van der Waals surface area (Å²) in [5, 5.41) is 11.4. The number of alkyl halides is 3.